The van der Waals surface area contributed by atoms with Gasteiger partial charge < -0.3 is 19.9 Å². The summed E-state index contributed by atoms with van der Waals surface area (Å²) < 4.78 is 0. The molecule has 1 aromatic carbocycles. The van der Waals surface area contributed by atoms with E-state index in [-0.39, 0.29) is 24.0 Å². The van der Waals surface area contributed by atoms with Crippen molar-refractivity contribution < 1.29 is 9.90 Å². The molecule has 1 amide bonds. The fourth-order valence-corrected chi connectivity index (χ4v) is 4.75. The number of likely N-dealkylation sites (N-methyl/N-ethyl adjacent to an activating group) is 1. The summed E-state index contributed by atoms with van der Waals surface area (Å²) in [6.07, 6.45) is 3.00. The summed E-state index contributed by atoms with van der Waals surface area (Å²) in [5.41, 5.74) is 2.21. The van der Waals surface area contributed by atoms with Gasteiger partial charge in [0.2, 0.25) is 0 Å². The summed E-state index contributed by atoms with van der Waals surface area (Å²) in [5.74, 6) is 0.712. The highest BCUT2D eigenvalue weighted by molar-refractivity contribution is 5.94. The van der Waals surface area contributed by atoms with Crippen molar-refractivity contribution in [1.29, 1.82) is 0 Å². The number of hydrogen-bond donors (Lipinski definition) is 2. The van der Waals surface area contributed by atoms with E-state index in [0.29, 0.717) is 18.8 Å². The highest BCUT2D eigenvalue weighted by atomic mass is 16.3. The molecule has 3 heterocycles. The molecule has 0 radical (unpaired) electrons. The fraction of sp³-hybridized carbons (Fsp3) is 0.524. The monoisotopic (exact) mass is 368 g/mol. The van der Waals surface area contributed by atoms with Crippen molar-refractivity contribution in [1.82, 2.24) is 19.8 Å². The van der Waals surface area contributed by atoms with E-state index in [0.717, 1.165) is 42.9 Å². The molecule has 6 nitrogen and oxygen atoms in total. The average Bonchev–Trinajstić information content (AvgIpc) is 3.10. The lowest BCUT2D eigenvalue weighted by Crippen LogP contribution is -2.62. The van der Waals surface area contributed by atoms with Gasteiger partial charge in [0.25, 0.3) is 5.91 Å². The Hall–Kier alpha value is -2.18. The molecular weight excluding hydrogens is 340 g/mol. The van der Waals surface area contributed by atoms with Crippen LogP contribution in [0.2, 0.25) is 0 Å². The van der Waals surface area contributed by atoms with Crippen molar-refractivity contribution in [2.75, 3.05) is 33.3 Å². The molecule has 2 aliphatic rings. The number of amides is 1. The van der Waals surface area contributed by atoms with Crippen molar-refractivity contribution >= 4 is 5.91 Å². The lowest BCUT2D eigenvalue weighted by molar-refractivity contribution is -0.0602. The van der Waals surface area contributed by atoms with E-state index in [1.165, 1.54) is 0 Å². The van der Waals surface area contributed by atoms with Crippen LogP contribution in [-0.4, -0.2) is 70.1 Å². The van der Waals surface area contributed by atoms with E-state index in [9.17, 15) is 9.90 Å². The number of carbonyl (C=O) groups excluding carboxylic acids is 1. The number of aromatic nitrogens is 2. The number of fused-ring (bicyclic) bond motifs is 1. The molecule has 144 valence electrons. The number of H-pyrrole nitrogens is 1. The van der Waals surface area contributed by atoms with Gasteiger partial charge in [0.15, 0.2) is 0 Å². The van der Waals surface area contributed by atoms with Gasteiger partial charge in [0.05, 0.1) is 6.61 Å². The number of benzene rings is 1. The van der Waals surface area contributed by atoms with Crippen molar-refractivity contribution in [3.8, 4) is 11.4 Å². The zero-order chi connectivity index (χ0) is 19.0. The van der Waals surface area contributed by atoms with Gasteiger partial charge in [-0.1, -0.05) is 30.3 Å². The zero-order valence-corrected chi connectivity index (χ0v) is 16.1. The van der Waals surface area contributed by atoms with Gasteiger partial charge in [0.1, 0.15) is 11.5 Å². The fourth-order valence-electron chi connectivity index (χ4n) is 4.75. The Morgan fingerprint density at radius 3 is 2.81 bits per heavy atom. The SMILES string of the molecule is Cc1[nH]c(-c2ccccc2)nc1C(=O)N1CC[C@@]2(CO)CCCN(C)[C@@H]2C1. The van der Waals surface area contributed by atoms with Crippen LogP contribution in [0.1, 0.15) is 35.4 Å². The number of aliphatic hydroxyl groups is 1. The molecule has 4 rings (SSSR count). The molecule has 1 aromatic heterocycles. The first-order valence-electron chi connectivity index (χ1n) is 9.76. The second-order valence-corrected chi connectivity index (χ2v) is 8.05. The highest BCUT2D eigenvalue weighted by Crippen LogP contribution is 2.41. The standard InChI is InChI=1S/C21H28N4O2/c1-15-18(23-19(22-15)16-7-4-3-5-8-16)20(27)25-12-10-21(14-26)9-6-11-24(2)17(21)13-25/h3-5,7-8,17,26H,6,9-14H2,1-2H3,(H,22,23)/t17-,21-/m1/s1. The van der Waals surface area contributed by atoms with Crippen LogP contribution in [0, 0.1) is 12.3 Å². The minimum absolute atomic E-state index is 0.0172. The molecule has 2 saturated heterocycles. The van der Waals surface area contributed by atoms with E-state index >= 15 is 0 Å². The molecule has 0 unspecified atom stereocenters. The van der Waals surface area contributed by atoms with Gasteiger partial charge in [-0.05, 0) is 39.8 Å². The summed E-state index contributed by atoms with van der Waals surface area (Å²) in [4.78, 5) is 25.3. The quantitative estimate of drug-likeness (QED) is 0.872. The van der Waals surface area contributed by atoms with Gasteiger partial charge >= 0.3 is 0 Å². The first-order chi connectivity index (χ1) is 13.0. The first kappa shape index (κ1) is 18.2. The molecule has 27 heavy (non-hydrogen) atoms. The van der Waals surface area contributed by atoms with Gasteiger partial charge in [-0.3, -0.25) is 4.79 Å². The van der Waals surface area contributed by atoms with Gasteiger partial charge in [-0.15, -0.1) is 0 Å². The third kappa shape index (κ3) is 3.17. The summed E-state index contributed by atoms with van der Waals surface area (Å²) in [6.45, 7) is 4.46. The van der Waals surface area contributed by atoms with Crippen LogP contribution in [0.25, 0.3) is 11.4 Å². The Kier molecular flexibility index (Phi) is 4.78. The number of nitrogens with zero attached hydrogens (tertiary/aromatic N) is 3. The highest BCUT2D eigenvalue weighted by Gasteiger charge is 2.47. The smallest absolute Gasteiger partial charge is 0.274 e. The molecular formula is C21H28N4O2. The Labute approximate surface area is 160 Å². The molecule has 0 aliphatic carbocycles. The Morgan fingerprint density at radius 1 is 1.30 bits per heavy atom. The van der Waals surface area contributed by atoms with E-state index in [1.807, 2.05) is 42.2 Å². The maximum atomic E-state index is 13.2. The van der Waals surface area contributed by atoms with E-state index in [4.69, 9.17) is 0 Å². The van der Waals surface area contributed by atoms with Gasteiger partial charge in [-0.25, -0.2) is 4.98 Å². The molecule has 0 bridgehead atoms. The number of nitrogens with one attached hydrogen (secondary N) is 1. The number of hydrogen-bond acceptors (Lipinski definition) is 4. The molecule has 0 spiro atoms. The average molecular weight is 368 g/mol. The second-order valence-electron chi connectivity index (χ2n) is 8.05. The van der Waals surface area contributed by atoms with Crippen LogP contribution in [0.5, 0.6) is 0 Å². The Bertz CT molecular complexity index is 819. The number of imidazole rings is 1. The molecule has 0 saturated carbocycles. The van der Waals surface area contributed by atoms with Crippen LogP contribution >= 0.6 is 0 Å². The molecule has 2 fully saturated rings. The lowest BCUT2D eigenvalue weighted by atomic mass is 9.69. The van der Waals surface area contributed by atoms with Crippen molar-refractivity contribution in [2.45, 2.75) is 32.2 Å². The molecule has 2 aliphatic heterocycles. The Balaban J connectivity index is 1.56. The molecule has 2 N–H and O–H groups in total. The second kappa shape index (κ2) is 7.09. The number of likely N-dealkylation sites (tertiary alicyclic amines) is 2. The maximum absolute atomic E-state index is 13.2. The van der Waals surface area contributed by atoms with E-state index in [2.05, 4.69) is 21.9 Å². The predicted molar refractivity (Wildman–Crippen MR) is 104 cm³/mol. The van der Waals surface area contributed by atoms with Crippen LogP contribution in [0.4, 0.5) is 0 Å². The summed E-state index contributed by atoms with van der Waals surface area (Å²) in [6, 6.07) is 10.1. The number of piperidine rings is 2. The minimum atomic E-state index is -0.0698. The van der Waals surface area contributed by atoms with Crippen molar-refractivity contribution in [3.05, 3.63) is 41.7 Å². The number of aromatic amines is 1. The van der Waals surface area contributed by atoms with Crippen LogP contribution in [-0.2, 0) is 0 Å². The van der Waals surface area contributed by atoms with Crippen LogP contribution in [0.15, 0.2) is 30.3 Å². The number of aryl methyl sites for hydroxylation is 1. The first-order valence-corrected chi connectivity index (χ1v) is 9.76. The van der Waals surface area contributed by atoms with E-state index < -0.39 is 0 Å². The third-order valence-corrected chi connectivity index (χ3v) is 6.43. The largest absolute Gasteiger partial charge is 0.396 e. The van der Waals surface area contributed by atoms with Crippen LogP contribution in [0.3, 0.4) is 0 Å². The molecule has 2 atom stereocenters. The van der Waals surface area contributed by atoms with Crippen molar-refractivity contribution in [3.63, 3.8) is 0 Å². The van der Waals surface area contributed by atoms with E-state index in [1.54, 1.807) is 0 Å². The van der Waals surface area contributed by atoms with Crippen LogP contribution < -0.4 is 0 Å². The minimum Gasteiger partial charge on any atom is -0.396 e. The number of aliphatic hydroxyl groups excluding tert-OH is 1. The normalized spacial score (nSPS) is 26.0. The number of carbonyl (C=O) groups is 1. The van der Waals surface area contributed by atoms with Crippen molar-refractivity contribution in [2.24, 2.45) is 5.41 Å². The topological polar surface area (TPSA) is 72.5 Å². The lowest BCUT2D eigenvalue weighted by Gasteiger charge is -2.53. The zero-order valence-electron chi connectivity index (χ0n) is 16.1. The molecule has 6 heteroatoms. The third-order valence-electron chi connectivity index (χ3n) is 6.43. The molecule has 2 aromatic rings. The summed E-state index contributed by atoms with van der Waals surface area (Å²) in [7, 11) is 2.11. The number of rotatable bonds is 3. The predicted octanol–water partition coefficient (Wildman–Crippen LogP) is 2.30. The Morgan fingerprint density at radius 2 is 2.07 bits per heavy atom. The van der Waals surface area contributed by atoms with Gasteiger partial charge in [0, 0.05) is 35.8 Å². The van der Waals surface area contributed by atoms with Gasteiger partial charge in [-0.2, -0.15) is 0 Å². The summed E-state index contributed by atoms with van der Waals surface area (Å²) >= 11 is 0. The maximum Gasteiger partial charge on any atom is 0.274 e. The summed E-state index contributed by atoms with van der Waals surface area (Å²) in [5, 5.41) is 10.1.